The van der Waals surface area contributed by atoms with Gasteiger partial charge in [-0.2, -0.15) is 0 Å². The molecule has 0 amide bonds. The van der Waals surface area contributed by atoms with Crippen LogP contribution in [-0.4, -0.2) is 54.7 Å². The highest BCUT2D eigenvalue weighted by molar-refractivity contribution is 5.02. The van der Waals surface area contributed by atoms with Gasteiger partial charge >= 0.3 is 0 Å². The van der Waals surface area contributed by atoms with Gasteiger partial charge in [-0.3, -0.25) is 4.90 Å². The van der Waals surface area contributed by atoms with Gasteiger partial charge in [0.2, 0.25) is 0 Å². The Balaban J connectivity index is 2.09. The number of rotatable bonds is 5. The van der Waals surface area contributed by atoms with Crippen molar-refractivity contribution in [2.24, 2.45) is 5.92 Å². The number of piperidine rings is 1. The summed E-state index contributed by atoms with van der Waals surface area (Å²) in [5.41, 5.74) is -0.803. The first-order valence-corrected chi connectivity index (χ1v) is 6.38. The molecule has 2 aliphatic heterocycles. The van der Waals surface area contributed by atoms with Crippen LogP contribution in [0.4, 0.5) is 0 Å². The minimum atomic E-state index is -0.803. The van der Waals surface area contributed by atoms with Crippen molar-refractivity contribution >= 4 is 0 Å². The monoisotopic (exact) mass is 229 g/mol. The van der Waals surface area contributed by atoms with Gasteiger partial charge in [0.1, 0.15) is 5.60 Å². The summed E-state index contributed by atoms with van der Waals surface area (Å²) in [7, 11) is 0. The van der Waals surface area contributed by atoms with Crippen molar-refractivity contribution < 1.29 is 14.6 Å². The van der Waals surface area contributed by atoms with E-state index in [1.165, 1.54) is 6.42 Å². The maximum atomic E-state index is 10.8. The number of hydrogen-bond acceptors (Lipinski definition) is 4. The molecule has 2 aliphatic rings. The normalized spacial score (nSPS) is 38.2. The molecule has 2 bridgehead atoms. The quantitative estimate of drug-likeness (QED) is 0.709. The highest BCUT2D eigenvalue weighted by Gasteiger charge is 2.52. The van der Waals surface area contributed by atoms with Gasteiger partial charge in [0.15, 0.2) is 6.29 Å². The molecule has 2 saturated heterocycles. The molecular weight excluding hydrogens is 206 g/mol. The van der Waals surface area contributed by atoms with Gasteiger partial charge in [-0.05, 0) is 33.2 Å². The second-order valence-corrected chi connectivity index (χ2v) is 4.81. The largest absolute Gasteiger partial charge is 0.383 e. The number of nitrogens with zero attached hydrogens (tertiary/aromatic N) is 1. The maximum Gasteiger partial charge on any atom is 0.187 e. The van der Waals surface area contributed by atoms with E-state index in [2.05, 4.69) is 4.90 Å². The molecule has 3 unspecified atom stereocenters. The van der Waals surface area contributed by atoms with Crippen molar-refractivity contribution in [2.45, 2.75) is 38.6 Å². The summed E-state index contributed by atoms with van der Waals surface area (Å²) >= 11 is 0. The van der Waals surface area contributed by atoms with E-state index in [9.17, 15) is 5.11 Å². The van der Waals surface area contributed by atoms with E-state index in [1.807, 2.05) is 13.8 Å². The highest BCUT2D eigenvalue weighted by atomic mass is 16.7. The summed E-state index contributed by atoms with van der Waals surface area (Å²) in [6, 6.07) is 0. The van der Waals surface area contributed by atoms with Gasteiger partial charge in [0.05, 0.1) is 0 Å². The zero-order valence-electron chi connectivity index (χ0n) is 10.3. The zero-order valence-corrected chi connectivity index (χ0v) is 10.3. The third kappa shape index (κ3) is 2.12. The fourth-order valence-electron chi connectivity index (χ4n) is 3.00. The topological polar surface area (TPSA) is 41.9 Å². The van der Waals surface area contributed by atoms with Crippen LogP contribution in [0, 0.1) is 5.92 Å². The van der Waals surface area contributed by atoms with Crippen LogP contribution in [0.25, 0.3) is 0 Å². The number of aliphatic hydroxyl groups is 1. The number of fused-ring (bicyclic) bond motifs is 2. The summed E-state index contributed by atoms with van der Waals surface area (Å²) in [4.78, 5) is 2.32. The van der Waals surface area contributed by atoms with Crippen LogP contribution in [0.2, 0.25) is 0 Å². The molecule has 4 heteroatoms. The summed E-state index contributed by atoms with van der Waals surface area (Å²) in [5.74, 6) is 0.310. The molecule has 0 saturated carbocycles. The molecule has 0 aromatic heterocycles. The second kappa shape index (κ2) is 5.00. The van der Waals surface area contributed by atoms with E-state index >= 15 is 0 Å². The Morgan fingerprint density at radius 2 is 2.06 bits per heavy atom. The van der Waals surface area contributed by atoms with Gasteiger partial charge in [0, 0.05) is 32.2 Å². The molecule has 16 heavy (non-hydrogen) atoms. The Morgan fingerprint density at radius 1 is 1.38 bits per heavy atom. The Labute approximate surface area is 97.5 Å². The standard InChI is InChI=1S/C12H23NO3/c1-3-15-11(16-4-2)12(14)9-13-7-5-6-10(12)8-13/h10-11,14H,3-9H2,1-2H3. The van der Waals surface area contributed by atoms with Crippen LogP contribution in [0.5, 0.6) is 0 Å². The molecule has 1 N–H and O–H groups in total. The van der Waals surface area contributed by atoms with Crippen molar-refractivity contribution in [1.82, 2.24) is 4.90 Å². The maximum absolute atomic E-state index is 10.8. The molecule has 2 fully saturated rings. The van der Waals surface area contributed by atoms with E-state index < -0.39 is 11.9 Å². The highest BCUT2D eigenvalue weighted by Crippen LogP contribution is 2.38. The van der Waals surface area contributed by atoms with Crippen LogP contribution < -0.4 is 0 Å². The van der Waals surface area contributed by atoms with E-state index in [0.29, 0.717) is 25.7 Å². The summed E-state index contributed by atoms with van der Waals surface area (Å²) < 4.78 is 11.2. The zero-order chi connectivity index (χ0) is 11.6. The number of ether oxygens (including phenoxy) is 2. The van der Waals surface area contributed by atoms with Gasteiger partial charge in [-0.1, -0.05) is 0 Å². The van der Waals surface area contributed by atoms with Crippen molar-refractivity contribution in [1.29, 1.82) is 0 Å². The molecule has 3 atom stereocenters. The second-order valence-electron chi connectivity index (χ2n) is 4.81. The van der Waals surface area contributed by atoms with Crippen molar-refractivity contribution in [2.75, 3.05) is 32.8 Å². The average molecular weight is 229 g/mol. The SMILES string of the molecule is CCOC(OCC)C1(O)CN2CCCC1C2. The molecule has 2 heterocycles. The van der Waals surface area contributed by atoms with Crippen LogP contribution in [0.1, 0.15) is 26.7 Å². The van der Waals surface area contributed by atoms with Crippen molar-refractivity contribution in [3.63, 3.8) is 0 Å². The molecule has 0 aromatic rings. The average Bonchev–Trinajstić information content (AvgIpc) is 2.50. The minimum absolute atomic E-state index is 0.310. The minimum Gasteiger partial charge on any atom is -0.383 e. The van der Waals surface area contributed by atoms with E-state index in [1.54, 1.807) is 0 Å². The summed E-state index contributed by atoms with van der Waals surface area (Å²) in [5, 5.41) is 10.8. The summed E-state index contributed by atoms with van der Waals surface area (Å²) in [6.07, 6.45) is 1.80. The predicted octanol–water partition coefficient (Wildman–Crippen LogP) is 0.842. The van der Waals surface area contributed by atoms with Crippen LogP contribution >= 0.6 is 0 Å². The van der Waals surface area contributed by atoms with Crippen molar-refractivity contribution in [3.05, 3.63) is 0 Å². The Morgan fingerprint density at radius 3 is 2.62 bits per heavy atom. The lowest BCUT2D eigenvalue weighted by molar-refractivity contribution is -0.241. The first kappa shape index (κ1) is 12.3. The lowest BCUT2D eigenvalue weighted by atomic mass is 9.86. The Kier molecular flexibility index (Phi) is 3.85. The molecule has 94 valence electrons. The lowest BCUT2D eigenvalue weighted by Crippen LogP contribution is -2.51. The third-order valence-electron chi connectivity index (χ3n) is 3.73. The Bertz CT molecular complexity index is 230. The molecule has 0 aliphatic carbocycles. The van der Waals surface area contributed by atoms with E-state index in [0.717, 1.165) is 19.5 Å². The smallest absolute Gasteiger partial charge is 0.187 e. The third-order valence-corrected chi connectivity index (χ3v) is 3.73. The lowest BCUT2D eigenvalue weighted by Gasteiger charge is -2.35. The van der Waals surface area contributed by atoms with Crippen LogP contribution in [0.3, 0.4) is 0 Å². The van der Waals surface area contributed by atoms with E-state index in [-0.39, 0.29) is 0 Å². The first-order chi connectivity index (χ1) is 7.70. The van der Waals surface area contributed by atoms with Crippen molar-refractivity contribution in [3.8, 4) is 0 Å². The number of hydrogen-bond donors (Lipinski definition) is 1. The molecule has 4 nitrogen and oxygen atoms in total. The van der Waals surface area contributed by atoms with Gasteiger partial charge in [-0.25, -0.2) is 0 Å². The molecule has 0 spiro atoms. The molecule has 2 rings (SSSR count). The van der Waals surface area contributed by atoms with E-state index in [4.69, 9.17) is 9.47 Å². The molecular formula is C12H23NO3. The van der Waals surface area contributed by atoms with Gasteiger partial charge in [0.25, 0.3) is 0 Å². The molecule has 0 aromatic carbocycles. The predicted molar refractivity (Wildman–Crippen MR) is 61.2 cm³/mol. The first-order valence-electron chi connectivity index (χ1n) is 6.38. The van der Waals surface area contributed by atoms with Gasteiger partial charge < -0.3 is 14.6 Å². The molecule has 0 radical (unpaired) electrons. The summed E-state index contributed by atoms with van der Waals surface area (Å²) in [6.45, 7) is 7.84. The van der Waals surface area contributed by atoms with Gasteiger partial charge in [-0.15, -0.1) is 0 Å². The fraction of sp³-hybridized carbons (Fsp3) is 1.00. The fourth-order valence-corrected chi connectivity index (χ4v) is 3.00. The Hall–Kier alpha value is -0.160. The van der Waals surface area contributed by atoms with Crippen LogP contribution in [0.15, 0.2) is 0 Å². The van der Waals surface area contributed by atoms with Crippen LogP contribution in [-0.2, 0) is 9.47 Å².